The van der Waals surface area contributed by atoms with Crippen molar-refractivity contribution in [2.75, 3.05) is 26.9 Å². The Balaban J connectivity index is 1.44. The molecule has 0 unspecified atom stereocenters. The fraction of sp³-hybridized carbons (Fsp3) is 0.444. The molecule has 222 valence electrons. The first-order valence-corrected chi connectivity index (χ1v) is 12.6. The monoisotopic (exact) mass is 578 g/mol. The molecule has 2 fully saturated rings. The van der Waals surface area contributed by atoms with E-state index in [0.29, 0.717) is 11.3 Å². The van der Waals surface area contributed by atoms with Gasteiger partial charge in [0.05, 0.1) is 32.5 Å². The molecule has 3 aromatic rings. The van der Waals surface area contributed by atoms with E-state index in [1.807, 2.05) is 0 Å². The van der Waals surface area contributed by atoms with Crippen LogP contribution in [0.5, 0.6) is 17.2 Å². The standard InChI is InChI=1S/C27H30O14/c1-36-13-4-2-12(3-5-13)15-9-37-17-7-14(6-16(30)19(17)20(15)31)39-25-23(22(33)21(32)18(8-28)40-25)41-26-24(34)27(35,10-29)11-38-26/h2-7,9,18,21-26,28-30,32-35H,8,10-11H2,1H3/t18-,21-,22+,23-,24+,25-,26-,27-/m0/s1. The zero-order chi connectivity index (χ0) is 29.5. The summed E-state index contributed by atoms with van der Waals surface area (Å²) in [5.41, 5.74) is -1.87. The van der Waals surface area contributed by atoms with Crippen molar-refractivity contribution in [2.45, 2.75) is 48.7 Å². The summed E-state index contributed by atoms with van der Waals surface area (Å²) in [5, 5.41) is 71.4. The van der Waals surface area contributed by atoms with Crippen LogP contribution in [0.4, 0.5) is 0 Å². The van der Waals surface area contributed by atoms with Crippen molar-refractivity contribution in [2.24, 2.45) is 0 Å². The highest BCUT2D eigenvalue weighted by Crippen LogP contribution is 2.35. The van der Waals surface area contributed by atoms with Gasteiger partial charge in [0, 0.05) is 12.1 Å². The van der Waals surface area contributed by atoms with E-state index in [1.165, 1.54) is 19.4 Å². The third kappa shape index (κ3) is 5.37. The van der Waals surface area contributed by atoms with Gasteiger partial charge in [0.25, 0.3) is 0 Å². The molecule has 0 spiro atoms. The minimum Gasteiger partial charge on any atom is -0.507 e. The number of aromatic hydroxyl groups is 1. The average molecular weight is 579 g/mol. The van der Waals surface area contributed by atoms with Crippen molar-refractivity contribution in [1.29, 1.82) is 0 Å². The van der Waals surface area contributed by atoms with Gasteiger partial charge in [0.1, 0.15) is 64.5 Å². The maximum atomic E-state index is 13.2. The molecule has 2 aliphatic rings. The molecule has 7 N–H and O–H groups in total. The lowest BCUT2D eigenvalue weighted by molar-refractivity contribution is -0.318. The van der Waals surface area contributed by atoms with Crippen LogP contribution in [-0.2, 0) is 14.2 Å². The number of fused-ring (bicyclic) bond motifs is 1. The van der Waals surface area contributed by atoms with E-state index in [-0.39, 0.29) is 22.3 Å². The van der Waals surface area contributed by atoms with Crippen molar-refractivity contribution in [3.8, 4) is 28.4 Å². The molecule has 3 heterocycles. The maximum Gasteiger partial charge on any atom is 0.229 e. The third-order valence-corrected chi connectivity index (χ3v) is 7.18. The van der Waals surface area contributed by atoms with E-state index in [0.717, 1.165) is 6.07 Å². The number of benzene rings is 2. The lowest BCUT2D eigenvalue weighted by Crippen LogP contribution is -2.62. The van der Waals surface area contributed by atoms with Crippen LogP contribution in [0.25, 0.3) is 22.1 Å². The van der Waals surface area contributed by atoms with E-state index in [4.69, 9.17) is 28.1 Å². The Morgan fingerprint density at radius 2 is 1.76 bits per heavy atom. The molecular weight excluding hydrogens is 548 g/mol. The van der Waals surface area contributed by atoms with E-state index < -0.39 is 79.7 Å². The Bertz CT molecular complexity index is 1420. The molecule has 1 aromatic heterocycles. The lowest BCUT2D eigenvalue weighted by atomic mass is 9.98. The number of methoxy groups -OCH3 is 1. The minimum absolute atomic E-state index is 0.0441. The zero-order valence-corrected chi connectivity index (χ0v) is 21.7. The number of phenolic OH excluding ortho intramolecular Hbond substituents is 1. The second-order valence-corrected chi connectivity index (χ2v) is 9.83. The number of ether oxygens (including phenoxy) is 5. The number of aliphatic hydroxyl groups excluding tert-OH is 5. The Kier molecular flexibility index (Phi) is 8.20. The molecule has 5 rings (SSSR count). The SMILES string of the molecule is COc1ccc(-c2coc3cc(O[C@H]4O[C@@H](CO)[C@H](O)[C@@H](O)[C@@H]4O[C@@H]4OC[C@@](O)(CO)[C@@H]4O)cc(O)c3c2=O)cc1. The van der Waals surface area contributed by atoms with Gasteiger partial charge in [-0.3, -0.25) is 4.79 Å². The van der Waals surface area contributed by atoms with E-state index >= 15 is 0 Å². The van der Waals surface area contributed by atoms with Crippen LogP contribution in [0.15, 0.2) is 51.9 Å². The second-order valence-electron chi connectivity index (χ2n) is 9.83. The molecule has 2 saturated heterocycles. The van der Waals surface area contributed by atoms with Gasteiger partial charge in [-0.15, -0.1) is 0 Å². The Morgan fingerprint density at radius 3 is 2.39 bits per heavy atom. The summed E-state index contributed by atoms with van der Waals surface area (Å²) in [6, 6.07) is 9.05. The molecule has 8 atom stereocenters. The van der Waals surface area contributed by atoms with Crippen LogP contribution in [0.3, 0.4) is 0 Å². The van der Waals surface area contributed by atoms with E-state index in [1.54, 1.807) is 24.3 Å². The third-order valence-electron chi connectivity index (χ3n) is 7.18. The van der Waals surface area contributed by atoms with Crippen LogP contribution < -0.4 is 14.9 Å². The Morgan fingerprint density at radius 1 is 1.02 bits per heavy atom. The van der Waals surface area contributed by atoms with Crippen molar-refractivity contribution in [3.63, 3.8) is 0 Å². The van der Waals surface area contributed by atoms with E-state index in [2.05, 4.69) is 0 Å². The van der Waals surface area contributed by atoms with Crippen LogP contribution in [-0.4, -0.2) is 111 Å². The molecule has 41 heavy (non-hydrogen) atoms. The molecular formula is C27H30O14. The molecule has 0 bridgehead atoms. The van der Waals surface area contributed by atoms with Gasteiger partial charge < -0.3 is 63.8 Å². The van der Waals surface area contributed by atoms with Crippen molar-refractivity contribution in [1.82, 2.24) is 0 Å². The first-order valence-electron chi connectivity index (χ1n) is 12.6. The number of hydrogen-bond acceptors (Lipinski definition) is 14. The van der Waals surface area contributed by atoms with Crippen LogP contribution in [0.1, 0.15) is 0 Å². The fourth-order valence-electron chi connectivity index (χ4n) is 4.74. The molecule has 0 saturated carbocycles. The molecule has 2 aromatic carbocycles. The number of hydrogen-bond donors (Lipinski definition) is 7. The molecule has 14 heteroatoms. The van der Waals surface area contributed by atoms with Gasteiger partial charge in [0.2, 0.25) is 11.7 Å². The topological polar surface area (TPSA) is 218 Å². The second kappa shape index (κ2) is 11.5. The average Bonchev–Trinajstić information content (AvgIpc) is 3.26. The quantitative estimate of drug-likeness (QED) is 0.167. The summed E-state index contributed by atoms with van der Waals surface area (Å²) < 4.78 is 33.0. The van der Waals surface area contributed by atoms with Gasteiger partial charge in [-0.25, -0.2) is 0 Å². The number of phenols is 1. The normalized spacial score (nSPS) is 31.8. The lowest BCUT2D eigenvalue weighted by Gasteiger charge is -2.42. The highest BCUT2D eigenvalue weighted by atomic mass is 16.8. The van der Waals surface area contributed by atoms with Crippen molar-refractivity contribution in [3.05, 3.63) is 52.9 Å². The molecule has 0 amide bonds. The minimum atomic E-state index is -2.03. The molecule has 2 aliphatic heterocycles. The first-order chi connectivity index (χ1) is 19.6. The highest BCUT2D eigenvalue weighted by molar-refractivity contribution is 5.88. The summed E-state index contributed by atoms with van der Waals surface area (Å²) in [5.74, 6) is 0.000608. The predicted octanol–water partition coefficient (Wildman–Crippen LogP) is -1.18. The van der Waals surface area contributed by atoms with Crippen LogP contribution in [0.2, 0.25) is 0 Å². The summed E-state index contributed by atoms with van der Waals surface area (Å²) in [6.07, 6.45) is -9.87. The van der Waals surface area contributed by atoms with Crippen molar-refractivity contribution < 1.29 is 63.8 Å². The highest BCUT2D eigenvalue weighted by Gasteiger charge is 2.53. The van der Waals surface area contributed by atoms with Crippen molar-refractivity contribution >= 4 is 11.0 Å². The molecule has 0 aliphatic carbocycles. The Hall–Kier alpha value is -3.31. The number of aliphatic hydroxyl groups is 6. The van der Waals surface area contributed by atoms with Crippen LogP contribution >= 0.6 is 0 Å². The zero-order valence-electron chi connectivity index (χ0n) is 21.7. The largest absolute Gasteiger partial charge is 0.507 e. The summed E-state index contributed by atoms with van der Waals surface area (Å²) in [7, 11) is 1.51. The smallest absolute Gasteiger partial charge is 0.229 e. The summed E-state index contributed by atoms with van der Waals surface area (Å²) >= 11 is 0. The van der Waals surface area contributed by atoms with Crippen LogP contribution in [0, 0.1) is 0 Å². The van der Waals surface area contributed by atoms with Gasteiger partial charge in [0.15, 0.2) is 12.4 Å². The van der Waals surface area contributed by atoms with Gasteiger partial charge in [-0.2, -0.15) is 0 Å². The maximum absolute atomic E-state index is 13.2. The van der Waals surface area contributed by atoms with Gasteiger partial charge in [-0.1, -0.05) is 12.1 Å². The molecule has 14 nitrogen and oxygen atoms in total. The van der Waals surface area contributed by atoms with E-state index in [9.17, 15) is 40.5 Å². The molecule has 0 radical (unpaired) electrons. The van der Waals surface area contributed by atoms with Gasteiger partial charge in [-0.05, 0) is 17.7 Å². The first kappa shape index (κ1) is 29.2. The predicted molar refractivity (Wildman–Crippen MR) is 137 cm³/mol. The fourth-order valence-corrected chi connectivity index (χ4v) is 4.74. The van der Waals surface area contributed by atoms with Gasteiger partial charge >= 0.3 is 0 Å². The summed E-state index contributed by atoms with van der Waals surface area (Å²) in [6.45, 7) is -2.03. The Labute approximate surface area is 232 Å². The number of rotatable bonds is 8. The summed E-state index contributed by atoms with van der Waals surface area (Å²) in [4.78, 5) is 13.2.